The molecule has 0 heterocycles. The molecule has 0 saturated heterocycles. The lowest BCUT2D eigenvalue weighted by Crippen LogP contribution is -2.11. The fourth-order valence-electron chi connectivity index (χ4n) is 1.95. The zero-order valence-electron chi connectivity index (χ0n) is 10.9. The van der Waals surface area contributed by atoms with Gasteiger partial charge in [-0.2, -0.15) is 0 Å². The van der Waals surface area contributed by atoms with Crippen LogP contribution < -0.4 is 11.1 Å². The second-order valence-electron chi connectivity index (χ2n) is 4.49. The monoisotopic (exact) mass is 290 g/mol. The second-order valence-corrected chi connectivity index (χ2v) is 4.93. The lowest BCUT2D eigenvalue weighted by molar-refractivity contribution is 0.0698. The Morgan fingerprint density at radius 1 is 1.25 bits per heavy atom. The number of anilines is 2. The molecule has 2 aromatic rings. The third-order valence-electron chi connectivity index (χ3n) is 3.08. The van der Waals surface area contributed by atoms with Crippen molar-refractivity contribution in [2.24, 2.45) is 0 Å². The molecule has 0 bridgehead atoms. The van der Waals surface area contributed by atoms with Gasteiger partial charge in [0.2, 0.25) is 0 Å². The zero-order valence-corrected chi connectivity index (χ0v) is 11.7. The number of carbonyl (C=O) groups is 1. The van der Waals surface area contributed by atoms with Crippen LogP contribution in [0.3, 0.4) is 0 Å². The van der Waals surface area contributed by atoms with Gasteiger partial charge < -0.3 is 16.2 Å². The quantitative estimate of drug-likeness (QED) is 0.749. The van der Waals surface area contributed by atoms with Crippen LogP contribution in [0.15, 0.2) is 42.5 Å². The fraction of sp³-hybridized carbons (Fsp3) is 0.133. The summed E-state index contributed by atoms with van der Waals surface area (Å²) in [5, 5.41) is 12.9. The van der Waals surface area contributed by atoms with E-state index in [1.54, 1.807) is 12.1 Å². The Kier molecular flexibility index (Phi) is 4.15. The van der Waals surface area contributed by atoms with Gasteiger partial charge in [-0.15, -0.1) is 0 Å². The molecule has 0 spiro atoms. The summed E-state index contributed by atoms with van der Waals surface area (Å²) in [4.78, 5) is 11.0. The molecule has 1 unspecified atom stereocenters. The third kappa shape index (κ3) is 3.03. The van der Waals surface area contributed by atoms with Crippen molar-refractivity contribution in [1.29, 1.82) is 0 Å². The first-order valence-electron chi connectivity index (χ1n) is 6.13. The van der Waals surface area contributed by atoms with Gasteiger partial charge >= 0.3 is 5.97 Å². The highest BCUT2D eigenvalue weighted by atomic mass is 35.5. The number of carboxylic acids is 1. The summed E-state index contributed by atoms with van der Waals surface area (Å²) >= 11 is 5.85. The molecule has 0 aliphatic carbocycles. The first-order valence-corrected chi connectivity index (χ1v) is 6.50. The summed E-state index contributed by atoms with van der Waals surface area (Å²) in [7, 11) is 0. The summed E-state index contributed by atoms with van der Waals surface area (Å²) in [5.41, 5.74) is 7.84. The van der Waals surface area contributed by atoms with E-state index in [1.165, 1.54) is 6.07 Å². The van der Waals surface area contributed by atoms with Gasteiger partial charge in [0.1, 0.15) is 0 Å². The first kappa shape index (κ1) is 14.2. The number of rotatable bonds is 4. The Morgan fingerprint density at radius 3 is 2.50 bits per heavy atom. The molecule has 4 N–H and O–H groups in total. The molecule has 1 atom stereocenters. The van der Waals surface area contributed by atoms with Crippen molar-refractivity contribution in [2.45, 2.75) is 13.0 Å². The van der Waals surface area contributed by atoms with Crippen LogP contribution in [0, 0.1) is 0 Å². The van der Waals surface area contributed by atoms with E-state index in [0.29, 0.717) is 10.7 Å². The van der Waals surface area contributed by atoms with Crippen LogP contribution in [-0.4, -0.2) is 11.1 Å². The number of carboxylic acid groups (broad SMARTS) is 1. The Morgan fingerprint density at radius 2 is 1.90 bits per heavy atom. The molecule has 0 aromatic heterocycles. The number of nitrogens with two attached hydrogens (primary N) is 1. The first-order chi connectivity index (χ1) is 9.49. The molecule has 20 heavy (non-hydrogen) atoms. The predicted molar refractivity (Wildman–Crippen MR) is 81.3 cm³/mol. The number of hydrogen-bond donors (Lipinski definition) is 3. The van der Waals surface area contributed by atoms with Gasteiger partial charge in [-0.3, -0.25) is 0 Å². The molecular formula is C15H15ClN2O2. The largest absolute Gasteiger partial charge is 0.478 e. The molecule has 4 nitrogen and oxygen atoms in total. The Labute approximate surface area is 122 Å². The smallest absolute Gasteiger partial charge is 0.337 e. The molecule has 0 amide bonds. The number of aromatic carboxylic acids is 1. The van der Waals surface area contributed by atoms with E-state index in [0.717, 1.165) is 5.56 Å². The van der Waals surface area contributed by atoms with E-state index < -0.39 is 5.97 Å². The van der Waals surface area contributed by atoms with Gasteiger partial charge in [0.15, 0.2) is 0 Å². The standard InChI is InChI=1S/C15H15ClN2O2/c1-9(10-5-7-11(16)8-6-10)18-13-4-2-3-12(14(13)17)15(19)20/h2-9,18H,17H2,1H3,(H,19,20). The molecule has 0 aliphatic rings. The molecule has 0 fully saturated rings. The number of hydrogen-bond acceptors (Lipinski definition) is 3. The predicted octanol–water partition coefficient (Wildman–Crippen LogP) is 3.79. The van der Waals surface area contributed by atoms with Crippen LogP contribution in [0.5, 0.6) is 0 Å². The lowest BCUT2D eigenvalue weighted by Gasteiger charge is -2.18. The highest BCUT2D eigenvalue weighted by Gasteiger charge is 2.13. The van der Waals surface area contributed by atoms with Crippen molar-refractivity contribution in [3.8, 4) is 0 Å². The number of para-hydroxylation sites is 1. The topological polar surface area (TPSA) is 75.3 Å². The van der Waals surface area contributed by atoms with Crippen LogP contribution in [-0.2, 0) is 0 Å². The van der Waals surface area contributed by atoms with E-state index in [4.69, 9.17) is 22.4 Å². The van der Waals surface area contributed by atoms with E-state index in [1.807, 2.05) is 31.2 Å². The molecule has 2 aromatic carbocycles. The lowest BCUT2D eigenvalue weighted by atomic mass is 10.1. The van der Waals surface area contributed by atoms with Crippen molar-refractivity contribution >= 4 is 28.9 Å². The minimum absolute atomic E-state index is 0.0152. The third-order valence-corrected chi connectivity index (χ3v) is 3.33. The van der Waals surface area contributed by atoms with E-state index in [9.17, 15) is 4.79 Å². The fourth-order valence-corrected chi connectivity index (χ4v) is 2.07. The number of nitrogens with one attached hydrogen (secondary N) is 1. The summed E-state index contributed by atoms with van der Waals surface area (Å²) in [6.45, 7) is 1.97. The van der Waals surface area contributed by atoms with Gasteiger partial charge in [0.25, 0.3) is 0 Å². The molecule has 0 saturated carbocycles. The van der Waals surface area contributed by atoms with E-state index in [2.05, 4.69) is 5.32 Å². The average Bonchev–Trinajstić information content (AvgIpc) is 2.41. The van der Waals surface area contributed by atoms with E-state index in [-0.39, 0.29) is 17.3 Å². The van der Waals surface area contributed by atoms with Gasteiger partial charge in [-0.1, -0.05) is 29.8 Å². The summed E-state index contributed by atoms with van der Waals surface area (Å²) < 4.78 is 0. The number of halogens is 1. The van der Waals surface area contributed by atoms with Crippen LogP contribution in [0.4, 0.5) is 11.4 Å². The maximum atomic E-state index is 11.0. The minimum atomic E-state index is -1.04. The Hall–Kier alpha value is -2.20. The molecule has 104 valence electrons. The van der Waals surface area contributed by atoms with Crippen LogP contribution in [0.2, 0.25) is 5.02 Å². The van der Waals surface area contributed by atoms with Crippen LogP contribution in [0.25, 0.3) is 0 Å². The number of nitrogen functional groups attached to an aromatic ring is 1. The molecule has 0 aliphatic heterocycles. The molecule has 5 heteroatoms. The maximum Gasteiger partial charge on any atom is 0.337 e. The minimum Gasteiger partial charge on any atom is -0.478 e. The van der Waals surface area contributed by atoms with Crippen molar-refractivity contribution in [2.75, 3.05) is 11.1 Å². The summed E-state index contributed by atoms with van der Waals surface area (Å²) in [5.74, 6) is -1.04. The Balaban J connectivity index is 2.23. The highest BCUT2D eigenvalue weighted by molar-refractivity contribution is 6.30. The normalized spacial score (nSPS) is 11.9. The van der Waals surface area contributed by atoms with Crippen molar-refractivity contribution in [3.05, 3.63) is 58.6 Å². The SMILES string of the molecule is CC(Nc1cccc(C(=O)O)c1N)c1ccc(Cl)cc1. The van der Waals surface area contributed by atoms with Crippen molar-refractivity contribution < 1.29 is 9.90 Å². The van der Waals surface area contributed by atoms with Crippen molar-refractivity contribution in [1.82, 2.24) is 0 Å². The summed E-state index contributed by atoms with van der Waals surface area (Å²) in [6, 6.07) is 12.3. The van der Waals surface area contributed by atoms with Gasteiger partial charge in [-0.05, 0) is 36.8 Å². The van der Waals surface area contributed by atoms with Crippen LogP contribution in [0.1, 0.15) is 28.9 Å². The van der Waals surface area contributed by atoms with Gasteiger partial charge in [0, 0.05) is 11.1 Å². The summed E-state index contributed by atoms with van der Waals surface area (Å²) in [6.07, 6.45) is 0. The van der Waals surface area contributed by atoms with Gasteiger partial charge in [-0.25, -0.2) is 4.79 Å². The highest BCUT2D eigenvalue weighted by Crippen LogP contribution is 2.27. The zero-order chi connectivity index (χ0) is 14.7. The maximum absolute atomic E-state index is 11.0. The van der Waals surface area contributed by atoms with Gasteiger partial charge in [0.05, 0.1) is 16.9 Å². The average molecular weight is 291 g/mol. The molecule has 2 rings (SSSR count). The number of benzene rings is 2. The van der Waals surface area contributed by atoms with Crippen LogP contribution >= 0.6 is 11.6 Å². The van der Waals surface area contributed by atoms with E-state index >= 15 is 0 Å². The second kappa shape index (κ2) is 5.84. The molecular weight excluding hydrogens is 276 g/mol. The van der Waals surface area contributed by atoms with Crippen molar-refractivity contribution in [3.63, 3.8) is 0 Å². The molecule has 0 radical (unpaired) electrons. The Bertz CT molecular complexity index is 626.